The highest BCUT2D eigenvalue weighted by Crippen LogP contribution is 2.31. The molecule has 6 heteroatoms. The molecule has 5 nitrogen and oxygen atoms in total. The molecule has 0 spiro atoms. The van der Waals surface area contributed by atoms with Crippen molar-refractivity contribution in [3.63, 3.8) is 0 Å². The van der Waals surface area contributed by atoms with Gasteiger partial charge in [0, 0.05) is 25.0 Å². The fraction of sp³-hybridized carbons (Fsp3) is 0.600. The van der Waals surface area contributed by atoms with Gasteiger partial charge in [0.1, 0.15) is 4.83 Å². The van der Waals surface area contributed by atoms with Crippen molar-refractivity contribution in [3.8, 4) is 5.88 Å². The van der Waals surface area contributed by atoms with E-state index in [-0.39, 0.29) is 5.60 Å². The number of fused-ring (bicyclic) bond motifs is 1. The maximum atomic E-state index is 5.89. The Morgan fingerprint density at radius 1 is 1.33 bits per heavy atom. The molecule has 2 aromatic heterocycles. The molecule has 0 bridgehead atoms. The summed E-state index contributed by atoms with van der Waals surface area (Å²) in [6.07, 6.45) is 0.800. The van der Waals surface area contributed by atoms with Crippen LogP contribution in [0.15, 0.2) is 6.07 Å². The van der Waals surface area contributed by atoms with Crippen LogP contribution in [0, 0.1) is 6.92 Å². The smallest absolute Gasteiger partial charge is 0.227 e. The summed E-state index contributed by atoms with van der Waals surface area (Å²) in [5, 5.41) is 4.13. The molecule has 1 N–H and O–H groups in total. The van der Waals surface area contributed by atoms with Crippen molar-refractivity contribution in [1.29, 1.82) is 0 Å². The van der Waals surface area contributed by atoms with E-state index in [1.165, 1.54) is 4.88 Å². The minimum absolute atomic E-state index is 0.193. The molecular formula is C15H23N3O2S. The molecule has 0 aliphatic rings. The van der Waals surface area contributed by atoms with Crippen LogP contribution in [0.2, 0.25) is 0 Å². The highest BCUT2D eigenvalue weighted by Gasteiger charge is 2.17. The molecule has 0 radical (unpaired) electrons. The maximum absolute atomic E-state index is 5.89. The van der Waals surface area contributed by atoms with Crippen LogP contribution in [0.3, 0.4) is 0 Å². The lowest BCUT2D eigenvalue weighted by atomic mass is 10.1. The van der Waals surface area contributed by atoms with Gasteiger partial charge in [-0.15, -0.1) is 11.3 Å². The summed E-state index contributed by atoms with van der Waals surface area (Å²) < 4.78 is 11.3. The van der Waals surface area contributed by atoms with Crippen molar-refractivity contribution >= 4 is 27.5 Å². The Kier molecular flexibility index (Phi) is 5.00. The van der Waals surface area contributed by atoms with Gasteiger partial charge < -0.3 is 14.8 Å². The summed E-state index contributed by atoms with van der Waals surface area (Å²) in [5.41, 5.74) is -0.193. The first-order valence-corrected chi connectivity index (χ1v) is 7.97. The van der Waals surface area contributed by atoms with Crippen molar-refractivity contribution in [2.75, 3.05) is 25.6 Å². The van der Waals surface area contributed by atoms with Crippen LogP contribution in [0.4, 0.5) is 5.95 Å². The van der Waals surface area contributed by atoms with Crippen LogP contribution >= 0.6 is 11.3 Å². The fourth-order valence-electron chi connectivity index (χ4n) is 1.86. The fourth-order valence-corrected chi connectivity index (χ4v) is 2.73. The Morgan fingerprint density at radius 2 is 2.10 bits per heavy atom. The number of nitrogens with one attached hydrogen (secondary N) is 1. The molecule has 2 rings (SSSR count). The molecule has 0 atom stereocenters. The first kappa shape index (κ1) is 16.0. The van der Waals surface area contributed by atoms with E-state index in [1.54, 1.807) is 18.4 Å². The lowest BCUT2D eigenvalue weighted by molar-refractivity contribution is 0.00523. The third kappa shape index (κ3) is 4.04. The van der Waals surface area contributed by atoms with Crippen LogP contribution < -0.4 is 10.1 Å². The molecule has 0 aliphatic carbocycles. The summed E-state index contributed by atoms with van der Waals surface area (Å²) in [7, 11) is 1.72. The molecule has 0 amide bonds. The quantitative estimate of drug-likeness (QED) is 0.846. The Bertz CT molecular complexity index is 610. The van der Waals surface area contributed by atoms with Crippen LogP contribution in [-0.2, 0) is 4.74 Å². The number of methoxy groups -OCH3 is 1. The summed E-state index contributed by atoms with van der Waals surface area (Å²) in [5.74, 6) is 1.26. The van der Waals surface area contributed by atoms with Gasteiger partial charge in [-0.2, -0.15) is 4.98 Å². The SMILES string of the molecule is CCNc1nc(OCCC(C)(C)OC)c2cc(C)sc2n1. The molecule has 2 heterocycles. The van der Waals surface area contributed by atoms with Gasteiger partial charge in [0.05, 0.1) is 17.6 Å². The largest absolute Gasteiger partial charge is 0.477 e. The summed E-state index contributed by atoms with van der Waals surface area (Å²) in [6, 6.07) is 2.08. The molecule has 0 unspecified atom stereocenters. The van der Waals surface area contributed by atoms with E-state index in [1.807, 2.05) is 20.8 Å². The number of hydrogen-bond donors (Lipinski definition) is 1. The summed E-state index contributed by atoms with van der Waals surface area (Å²) in [4.78, 5) is 11.1. The molecule has 0 aromatic carbocycles. The second kappa shape index (κ2) is 6.58. The molecule has 21 heavy (non-hydrogen) atoms. The third-order valence-corrected chi connectivity index (χ3v) is 4.26. The van der Waals surface area contributed by atoms with Gasteiger partial charge in [0.25, 0.3) is 0 Å². The molecule has 0 saturated heterocycles. The lowest BCUT2D eigenvalue weighted by Crippen LogP contribution is -2.25. The van der Waals surface area contributed by atoms with Gasteiger partial charge in [-0.3, -0.25) is 0 Å². The number of rotatable bonds is 7. The Labute approximate surface area is 129 Å². The zero-order chi connectivity index (χ0) is 15.5. The number of ether oxygens (including phenoxy) is 2. The number of anilines is 1. The lowest BCUT2D eigenvalue weighted by Gasteiger charge is -2.22. The average molecular weight is 309 g/mol. The second-order valence-corrected chi connectivity index (χ2v) is 6.76. The van der Waals surface area contributed by atoms with E-state index < -0.39 is 0 Å². The standard InChI is InChI=1S/C15H23N3O2S/c1-6-16-14-17-12(20-8-7-15(3,4)19-5)11-9-10(2)21-13(11)18-14/h9H,6-8H2,1-5H3,(H,16,17,18). The monoisotopic (exact) mass is 309 g/mol. The Balaban J connectivity index is 2.20. The minimum atomic E-state index is -0.193. The zero-order valence-electron chi connectivity index (χ0n) is 13.3. The predicted molar refractivity (Wildman–Crippen MR) is 87.5 cm³/mol. The Hall–Kier alpha value is -1.40. The van der Waals surface area contributed by atoms with E-state index in [0.29, 0.717) is 18.4 Å². The highest BCUT2D eigenvalue weighted by atomic mass is 32.1. The van der Waals surface area contributed by atoms with Crippen LogP contribution in [0.5, 0.6) is 5.88 Å². The Morgan fingerprint density at radius 3 is 2.76 bits per heavy atom. The van der Waals surface area contributed by atoms with Gasteiger partial charge in [-0.05, 0) is 33.8 Å². The zero-order valence-corrected chi connectivity index (χ0v) is 14.1. The number of aryl methyl sites for hydroxylation is 1. The predicted octanol–water partition coefficient (Wildman–Crippen LogP) is 3.63. The topological polar surface area (TPSA) is 56.3 Å². The molecule has 0 fully saturated rings. The van der Waals surface area contributed by atoms with E-state index in [2.05, 4.69) is 28.3 Å². The number of thiophene rings is 1. The van der Waals surface area contributed by atoms with E-state index in [9.17, 15) is 0 Å². The van der Waals surface area contributed by atoms with Gasteiger partial charge in [0.2, 0.25) is 11.8 Å². The van der Waals surface area contributed by atoms with Crippen LogP contribution in [0.1, 0.15) is 32.1 Å². The minimum Gasteiger partial charge on any atom is -0.477 e. The number of aromatic nitrogens is 2. The summed E-state index contributed by atoms with van der Waals surface area (Å²) >= 11 is 1.65. The molecule has 2 aromatic rings. The molecule has 116 valence electrons. The van der Waals surface area contributed by atoms with Crippen molar-refractivity contribution in [1.82, 2.24) is 9.97 Å². The number of nitrogens with zero attached hydrogens (tertiary/aromatic N) is 2. The van der Waals surface area contributed by atoms with Crippen molar-refractivity contribution < 1.29 is 9.47 Å². The number of hydrogen-bond acceptors (Lipinski definition) is 6. The molecule has 0 saturated carbocycles. The first-order chi connectivity index (χ1) is 9.95. The van der Waals surface area contributed by atoms with Gasteiger partial charge >= 0.3 is 0 Å². The molecular weight excluding hydrogens is 286 g/mol. The van der Waals surface area contributed by atoms with Crippen molar-refractivity contribution in [2.45, 2.75) is 39.7 Å². The first-order valence-electron chi connectivity index (χ1n) is 7.15. The highest BCUT2D eigenvalue weighted by molar-refractivity contribution is 7.18. The average Bonchev–Trinajstić information content (AvgIpc) is 2.79. The third-order valence-electron chi connectivity index (χ3n) is 3.31. The van der Waals surface area contributed by atoms with Crippen LogP contribution in [0.25, 0.3) is 10.2 Å². The van der Waals surface area contributed by atoms with Gasteiger partial charge in [-0.1, -0.05) is 0 Å². The van der Waals surface area contributed by atoms with E-state index in [0.717, 1.165) is 23.2 Å². The van der Waals surface area contributed by atoms with Crippen molar-refractivity contribution in [2.24, 2.45) is 0 Å². The van der Waals surface area contributed by atoms with E-state index >= 15 is 0 Å². The normalized spacial score (nSPS) is 11.9. The maximum Gasteiger partial charge on any atom is 0.227 e. The van der Waals surface area contributed by atoms with Gasteiger partial charge in [0.15, 0.2) is 0 Å². The van der Waals surface area contributed by atoms with E-state index in [4.69, 9.17) is 9.47 Å². The second-order valence-electron chi connectivity index (χ2n) is 5.52. The molecule has 0 aliphatic heterocycles. The van der Waals surface area contributed by atoms with Crippen LogP contribution in [-0.4, -0.2) is 35.8 Å². The summed E-state index contributed by atoms with van der Waals surface area (Å²) in [6.45, 7) is 9.53. The van der Waals surface area contributed by atoms with Gasteiger partial charge in [-0.25, -0.2) is 4.98 Å². The van der Waals surface area contributed by atoms with Crippen molar-refractivity contribution in [3.05, 3.63) is 10.9 Å².